The van der Waals surface area contributed by atoms with Crippen molar-refractivity contribution in [1.29, 1.82) is 5.26 Å². The summed E-state index contributed by atoms with van der Waals surface area (Å²) in [5.41, 5.74) is 1.95. The summed E-state index contributed by atoms with van der Waals surface area (Å²) in [4.78, 5) is 24.8. The molecule has 1 amide bonds. The maximum Gasteiger partial charge on any atom is 0.292 e. The van der Waals surface area contributed by atoms with Gasteiger partial charge in [0.15, 0.2) is 5.76 Å². The average molecular weight is 450 g/mol. The first-order chi connectivity index (χ1) is 15.2. The van der Waals surface area contributed by atoms with Gasteiger partial charge in [-0.3, -0.25) is 14.9 Å². The minimum Gasteiger partial charge on any atom is -0.451 e. The number of furan rings is 1. The second-order valence-electron chi connectivity index (χ2n) is 9.02. The maximum absolute atomic E-state index is 12.8. The zero-order valence-corrected chi connectivity index (χ0v) is 18.9. The average Bonchev–Trinajstić information content (AvgIpc) is 3.37. The number of carbonyl (C=O) groups is 1. The number of thiophene rings is 1. The minimum atomic E-state index is -0.489. The molecule has 1 atom stereocenters. The number of para-hydroxylation sites is 1. The molecule has 1 aliphatic carbocycles. The fraction of sp³-hybridized carbons (Fsp3) is 0.333. The Bertz CT molecular complexity index is 1240. The Kier molecular flexibility index (Phi) is 5.61. The number of benzene rings is 1. The molecule has 0 saturated heterocycles. The van der Waals surface area contributed by atoms with Gasteiger partial charge in [0.05, 0.1) is 16.1 Å². The van der Waals surface area contributed by atoms with E-state index >= 15 is 0 Å². The van der Waals surface area contributed by atoms with Crippen LogP contribution in [0, 0.1) is 32.8 Å². The lowest BCUT2D eigenvalue weighted by Gasteiger charge is -2.33. The third-order valence-electron chi connectivity index (χ3n) is 6.02. The minimum absolute atomic E-state index is 0.0287. The third-order valence-corrected chi connectivity index (χ3v) is 7.19. The predicted octanol–water partition coefficient (Wildman–Crippen LogP) is 6.19. The molecular formula is C24H23N3O4S. The van der Waals surface area contributed by atoms with E-state index in [2.05, 4.69) is 32.2 Å². The highest BCUT2D eigenvalue weighted by molar-refractivity contribution is 7.16. The van der Waals surface area contributed by atoms with Crippen molar-refractivity contribution in [2.45, 2.75) is 40.0 Å². The van der Waals surface area contributed by atoms with Crippen molar-refractivity contribution < 1.29 is 14.1 Å². The summed E-state index contributed by atoms with van der Waals surface area (Å²) in [5.74, 6) is 0.303. The van der Waals surface area contributed by atoms with Crippen LogP contribution in [0.4, 0.5) is 10.7 Å². The molecule has 0 unspecified atom stereocenters. The summed E-state index contributed by atoms with van der Waals surface area (Å²) in [6, 6.07) is 11.5. The Hall–Kier alpha value is -3.44. The third kappa shape index (κ3) is 4.04. The Labute approximate surface area is 189 Å². The van der Waals surface area contributed by atoms with E-state index < -0.39 is 10.8 Å². The van der Waals surface area contributed by atoms with Gasteiger partial charge in [0.1, 0.15) is 16.8 Å². The number of rotatable bonds is 4. The fourth-order valence-corrected chi connectivity index (χ4v) is 5.41. The molecule has 0 aliphatic heterocycles. The van der Waals surface area contributed by atoms with Gasteiger partial charge in [-0.05, 0) is 54.4 Å². The maximum atomic E-state index is 12.8. The van der Waals surface area contributed by atoms with Crippen LogP contribution in [-0.2, 0) is 12.8 Å². The van der Waals surface area contributed by atoms with Gasteiger partial charge in [-0.2, -0.15) is 5.26 Å². The van der Waals surface area contributed by atoms with Gasteiger partial charge in [-0.1, -0.05) is 32.9 Å². The molecule has 7 nitrogen and oxygen atoms in total. The summed E-state index contributed by atoms with van der Waals surface area (Å²) in [7, 11) is 0. The fourth-order valence-electron chi connectivity index (χ4n) is 4.14. The number of hydrogen-bond donors (Lipinski definition) is 1. The monoisotopic (exact) mass is 449 g/mol. The SMILES string of the molecule is CC(C)(C)[C@H]1CCc2c(sc(NC(=O)c3ccc(-c4ccccc4[N+](=O)[O-])o3)c2C#N)C1. The molecule has 164 valence electrons. The first-order valence-electron chi connectivity index (χ1n) is 10.4. The van der Waals surface area contributed by atoms with Crippen molar-refractivity contribution in [2.75, 3.05) is 5.32 Å². The van der Waals surface area contributed by atoms with Gasteiger partial charge in [-0.25, -0.2) is 0 Å². The zero-order valence-electron chi connectivity index (χ0n) is 18.1. The molecule has 0 fully saturated rings. The van der Waals surface area contributed by atoms with E-state index in [0.717, 1.165) is 29.7 Å². The number of nitrogens with one attached hydrogen (secondary N) is 1. The summed E-state index contributed by atoms with van der Waals surface area (Å²) in [6.45, 7) is 6.70. The highest BCUT2D eigenvalue weighted by Crippen LogP contribution is 2.44. The van der Waals surface area contributed by atoms with Crippen molar-refractivity contribution in [3.05, 3.63) is 68.3 Å². The van der Waals surface area contributed by atoms with Gasteiger partial charge in [-0.15, -0.1) is 11.3 Å². The van der Waals surface area contributed by atoms with E-state index in [1.165, 1.54) is 29.5 Å². The molecule has 1 aliphatic rings. The number of nitro benzene ring substituents is 1. The molecule has 2 heterocycles. The van der Waals surface area contributed by atoms with Crippen LogP contribution < -0.4 is 5.32 Å². The number of nitriles is 1. The summed E-state index contributed by atoms with van der Waals surface area (Å²) >= 11 is 1.45. The first kappa shape index (κ1) is 21.8. The number of fused-ring (bicyclic) bond motifs is 1. The summed E-state index contributed by atoms with van der Waals surface area (Å²) in [6.07, 6.45) is 2.75. The second-order valence-corrected chi connectivity index (χ2v) is 10.1. The molecule has 3 aromatic rings. The molecule has 8 heteroatoms. The molecule has 1 N–H and O–H groups in total. The smallest absolute Gasteiger partial charge is 0.292 e. The van der Waals surface area contributed by atoms with Crippen LogP contribution in [0.5, 0.6) is 0 Å². The van der Waals surface area contributed by atoms with E-state index in [0.29, 0.717) is 22.0 Å². The molecule has 1 aromatic carbocycles. The molecule has 32 heavy (non-hydrogen) atoms. The number of carbonyl (C=O) groups excluding carboxylic acids is 1. The van der Waals surface area contributed by atoms with Crippen LogP contribution >= 0.6 is 11.3 Å². The van der Waals surface area contributed by atoms with Crippen molar-refractivity contribution in [2.24, 2.45) is 11.3 Å². The van der Waals surface area contributed by atoms with E-state index in [9.17, 15) is 20.2 Å². The molecule has 0 radical (unpaired) electrons. The van der Waals surface area contributed by atoms with Crippen molar-refractivity contribution in [3.8, 4) is 17.4 Å². The quantitative estimate of drug-likeness (QED) is 0.377. The Morgan fingerprint density at radius 2 is 2.03 bits per heavy atom. The van der Waals surface area contributed by atoms with Gasteiger partial charge < -0.3 is 9.73 Å². The lowest BCUT2D eigenvalue weighted by Crippen LogP contribution is -2.26. The highest BCUT2D eigenvalue weighted by Gasteiger charge is 2.32. The Morgan fingerprint density at radius 3 is 2.72 bits per heavy atom. The van der Waals surface area contributed by atoms with Crippen LogP contribution in [-0.4, -0.2) is 10.8 Å². The van der Waals surface area contributed by atoms with Crippen LogP contribution in [0.1, 0.15) is 53.8 Å². The van der Waals surface area contributed by atoms with Crippen molar-refractivity contribution in [3.63, 3.8) is 0 Å². The molecule has 4 rings (SSSR count). The summed E-state index contributed by atoms with van der Waals surface area (Å²) < 4.78 is 5.64. The van der Waals surface area contributed by atoms with E-state index in [1.807, 2.05) is 0 Å². The van der Waals surface area contributed by atoms with Gasteiger partial charge in [0, 0.05) is 10.9 Å². The molecule has 0 bridgehead atoms. The van der Waals surface area contributed by atoms with Crippen molar-refractivity contribution in [1.82, 2.24) is 0 Å². The lowest BCUT2D eigenvalue weighted by atomic mass is 9.72. The Balaban J connectivity index is 1.58. The lowest BCUT2D eigenvalue weighted by molar-refractivity contribution is -0.384. The van der Waals surface area contributed by atoms with Crippen LogP contribution in [0.2, 0.25) is 0 Å². The van der Waals surface area contributed by atoms with E-state index in [4.69, 9.17) is 4.42 Å². The summed E-state index contributed by atoms with van der Waals surface area (Å²) in [5, 5.41) is 24.4. The van der Waals surface area contributed by atoms with Crippen molar-refractivity contribution >= 4 is 27.9 Å². The van der Waals surface area contributed by atoms with E-state index in [1.54, 1.807) is 18.2 Å². The van der Waals surface area contributed by atoms with Gasteiger partial charge >= 0.3 is 0 Å². The largest absolute Gasteiger partial charge is 0.451 e. The number of nitrogens with zero attached hydrogens (tertiary/aromatic N) is 2. The molecular weight excluding hydrogens is 426 g/mol. The molecule has 2 aromatic heterocycles. The molecule has 0 spiro atoms. The number of hydrogen-bond acceptors (Lipinski definition) is 6. The van der Waals surface area contributed by atoms with Crippen LogP contribution in [0.25, 0.3) is 11.3 Å². The topological polar surface area (TPSA) is 109 Å². The van der Waals surface area contributed by atoms with Gasteiger partial charge in [0.25, 0.3) is 11.6 Å². The Morgan fingerprint density at radius 1 is 1.28 bits per heavy atom. The zero-order chi connectivity index (χ0) is 23.0. The highest BCUT2D eigenvalue weighted by atomic mass is 32.1. The van der Waals surface area contributed by atoms with Gasteiger partial charge in [0.2, 0.25) is 0 Å². The second kappa shape index (κ2) is 8.24. The predicted molar refractivity (Wildman–Crippen MR) is 123 cm³/mol. The number of nitro groups is 1. The standard InChI is InChI=1S/C24H23N3O4S/c1-24(2,3)14-8-9-15-17(13-25)23(32-21(15)12-14)26-22(28)20-11-10-19(31-20)16-6-4-5-7-18(16)27(29)30/h4-7,10-11,14H,8-9,12H2,1-3H3,(H,26,28)/t14-/m0/s1. The van der Waals surface area contributed by atoms with E-state index in [-0.39, 0.29) is 22.6 Å². The van der Waals surface area contributed by atoms with Crippen LogP contribution in [0.15, 0.2) is 40.8 Å². The normalized spacial score (nSPS) is 15.6. The van der Waals surface area contributed by atoms with Crippen LogP contribution in [0.3, 0.4) is 0 Å². The first-order valence-corrected chi connectivity index (χ1v) is 11.2. The number of amides is 1. The molecule has 0 saturated carbocycles. The number of anilines is 1.